The Morgan fingerprint density at radius 2 is 2.06 bits per heavy atom. The monoisotopic (exact) mass is 241 g/mol. The van der Waals surface area contributed by atoms with Crippen molar-refractivity contribution in [3.63, 3.8) is 0 Å². The molecular formula is C14H15N3O. The lowest BCUT2D eigenvalue weighted by molar-refractivity contribution is 0.0925. The van der Waals surface area contributed by atoms with Crippen LogP contribution in [-0.4, -0.2) is 16.1 Å². The topological polar surface area (TPSA) is 57.8 Å². The number of nitrogens with one attached hydrogen (secondary N) is 2. The molecule has 1 aliphatic rings. The molecule has 4 heteroatoms. The Hall–Kier alpha value is -2.10. The van der Waals surface area contributed by atoms with E-state index in [1.807, 2.05) is 25.1 Å². The first-order valence-electron chi connectivity index (χ1n) is 6.10. The zero-order valence-corrected chi connectivity index (χ0v) is 10.2. The Bertz CT molecular complexity index is 570. The molecule has 1 aliphatic carbocycles. The molecule has 4 nitrogen and oxygen atoms in total. The fourth-order valence-corrected chi connectivity index (χ4v) is 2.18. The number of benzene rings is 1. The number of hydrogen-bond donors (Lipinski definition) is 2. The molecule has 1 aromatic heterocycles. The summed E-state index contributed by atoms with van der Waals surface area (Å²) in [6.07, 6.45) is 1.98. The third kappa shape index (κ3) is 1.90. The van der Waals surface area contributed by atoms with Gasteiger partial charge in [0.25, 0.3) is 5.91 Å². The molecule has 18 heavy (non-hydrogen) atoms. The largest absolute Gasteiger partial charge is 0.341 e. The number of H-pyrrole nitrogens is 1. The Morgan fingerprint density at radius 3 is 2.61 bits per heavy atom. The molecule has 1 heterocycles. The van der Waals surface area contributed by atoms with Crippen LogP contribution in [0.4, 0.5) is 0 Å². The van der Waals surface area contributed by atoms with E-state index in [0.717, 1.165) is 18.5 Å². The van der Waals surface area contributed by atoms with Crippen molar-refractivity contribution in [2.75, 3.05) is 0 Å². The van der Waals surface area contributed by atoms with Gasteiger partial charge in [0, 0.05) is 5.69 Å². The maximum absolute atomic E-state index is 12.1. The molecule has 0 unspecified atom stereocenters. The molecule has 1 aromatic carbocycles. The molecule has 1 amide bonds. The van der Waals surface area contributed by atoms with Crippen molar-refractivity contribution in [1.82, 2.24) is 15.5 Å². The summed E-state index contributed by atoms with van der Waals surface area (Å²) in [6.45, 7) is 1.88. The number of rotatable bonds is 3. The van der Waals surface area contributed by atoms with Crippen LogP contribution in [0.15, 0.2) is 36.4 Å². The molecule has 0 aliphatic heterocycles. The van der Waals surface area contributed by atoms with Crippen LogP contribution in [0.25, 0.3) is 0 Å². The smallest absolute Gasteiger partial charge is 0.272 e. The highest BCUT2D eigenvalue weighted by Gasteiger charge is 2.45. The zero-order valence-electron chi connectivity index (χ0n) is 10.2. The van der Waals surface area contributed by atoms with Gasteiger partial charge in [-0.25, -0.2) is 0 Å². The molecule has 0 spiro atoms. The Labute approximate surface area is 105 Å². The lowest BCUT2D eigenvalue weighted by atomic mass is 10.0. The summed E-state index contributed by atoms with van der Waals surface area (Å²) in [6, 6.07) is 11.9. The minimum Gasteiger partial charge on any atom is -0.341 e. The van der Waals surface area contributed by atoms with Crippen molar-refractivity contribution in [3.05, 3.63) is 53.3 Å². The Morgan fingerprint density at radius 1 is 1.33 bits per heavy atom. The first-order valence-corrected chi connectivity index (χ1v) is 6.10. The van der Waals surface area contributed by atoms with Gasteiger partial charge in [-0.2, -0.15) is 5.10 Å². The van der Waals surface area contributed by atoms with Crippen molar-refractivity contribution in [3.8, 4) is 0 Å². The molecule has 2 N–H and O–H groups in total. The van der Waals surface area contributed by atoms with Gasteiger partial charge in [-0.1, -0.05) is 30.3 Å². The SMILES string of the molecule is Cc1cc(C(=O)NC2(c3ccccc3)CC2)n[nH]1. The summed E-state index contributed by atoms with van der Waals surface area (Å²) >= 11 is 0. The highest BCUT2D eigenvalue weighted by molar-refractivity contribution is 5.93. The molecule has 1 fully saturated rings. The summed E-state index contributed by atoms with van der Waals surface area (Å²) in [7, 11) is 0. The van der Waals surface area contributed by atoms with Crippen LogP contribution >= 0.6 is 0 Å². The van der Waals surface area contributed by atoms with Crippen LogP contribution in [0.2, 0.25) is 0 Å². The van der Waals surface area contributed by atoms with Crippen molar-refractivity contribution in [2.45, 2.75) is 25.3 Å². The van der Waals surface area contributed by atoms with E-state index in [1.165, 1.54) is 5.56 Å². The number of aryl methyl sites for hydroxylation is 1. The number of hydrogen-bond acceptors (Lipinski definition) is 2. The molecule has 0 bridgehead atoms. The maximum Gasteiger partial charge on any atom is 0.272 e. The van der Waals surface area contributed by atoms with Gasteiger partial charge < -0.3 is 5.32 Å². The number of amides is 1. The van der Waals surface area contributed by atoms with Crippen LogP contribution < -0.4 is 5.32 Å². The first kappa shape index (κ1) is 11.0. The van der Waals surface area contributed by atoms with Gasteiger partial charge >= 0.3 is 0 Å². The lowest BCUT2D eigenvalue weighted by Gasteiger charge is -2.17. The van der Waals surface area contributed by atoms with Gasteiger partial charge in [-0.15, -0.1) is 0 Å². The van der Waals surface area contributed by atoms with E-state index in [0.29, 0.717) is 5.69 Å². The van der Waals surface area contributed by atoms with E-state index >= 15 is 0 Å². The summed E-state index contributed by atoms with van der Waals surface area (Å²) in [5.74, 6) is -0.110. The molecule has 0 radical (unpaired) electrons. The summed E-state index contributed by atoms with van der Waals surface area (Å²) in [4.78, 5) is 12.1. The third-order valence-electron chi connectivity index (χ3n) is 3.37. The molecule has 2 aromatic rings. The van der Waals surface area contributed by atoms with E-state index in [2.05, 4.69) is 27.6 Å². The van der Waals surface area contributed by atoms with Gasteiger partial charge in [-0.3, -0.25) is 9.89 Å². The van der Waals surface area contributed by atoms with Crippen LogP contribution in [0, 0.1) is 6.92 Å². The second-order valence-corrected chi connectivity index (χ2v) is 4.84. The van der Waals surface area contributed by atoms with Crippen molar-refractivity contribution >= 4 is 5.91 Å². The molecule has 0 saturated heterocycles. The molecule has 3 rings (SSSR count). The fourth-order valence-electron chi connectivity index (χ4n) is 2.18. The van der Waals surface area contributed by atoms with Gasteiger partial charge in [0.2, 0.25) is 0 Å². The number of aromatic amines is 1. The average molecular weight is 241 g/mol. The number of carbonyl (C=O) groups excluding carboxylic acids is 1. The van der Waals surface area contributed by atoms with Crippen LogP contribution in [0.1, 0.15) is 34.6 Å². The summed E-state index contributed by atoms with van der Waals surface area (Å²) in [5.41, 5.74) is 2.34. The highest BCUT2D eigenvalue weighted by atomic mass is 16.2. The second-order valence-electron chi connectivity index (χ2n) is 4.84. The predicted molar refractivity (Wildman–Crippen MR) is 68.1 cm³/mol. The van der Waals surface area contributed by atoms with Crippen molar-refractivity contribution in [1.29, 1.82) is 0 Å². The maximum atomic E-state index is 12.1. The highest BCUT2D eigenvalue weighted by Crippen LogP contribution is 2.45. The minimum atomic E-state index is -0.175. The molecule has 92 valence electrons. The van der Waals surface area contributed by atoms with E-state index in [4.69, 9.17) is 0 Å². The van der Waals surface area contributed by atoms with Gasteiger partial charge in [-0.05, 0) is 31.4 Å². The van der Waals surface area contributed by atoms with Crippen LogP contribution in [0.3, 0.4) is 0 Å². The number of carbonyl (C=O) groups is 1. The van der Waals surface area contributed by atoms with Gasteiger partial charge in [0.1, 0.15) is 5.69 Å². The second kappa shape index (κ2) is 3.98. The Balaban J connectivity index is 1.79. The van der Waals surface area contributed by atoms with E-state index in [1.54, 1.807) is 6.07 Å². The summed E-state index contributed by atoms with van der Waals surface area (Å²) in [5, 5.41) is 9.86. The van der Waals surface area contributed by atoms with Crippen molar-refractivity contribution in [2.24, 2.45) is 0 Å². The van der Waals surface area contributed by atoms with Gasteiger partial charge in [0.15, 0.2) is 0 Å². The van der Waals surface area contributed by atoms with E-state index in [-0.39, 0.29) is 11.4 Å². The standard InChI is InChI=1S/C14H15N3O/c1-10-9-12(17-16-10)13(18)15-14(7-8-14)11-5-3-2-4-6-11/h2-6,9H,7-8H2,1H3,(H,15,18)(H,16,17). The zero-order chi connectivity index (χ0) is 12.6. The number of nitrogens with zero attached hydrogens (tertiary/aromatic N) is 1. The Kier molecular flexibility index (Phi) is 2.44. The quantitative estimate of drug-likeness (QED) is 0.865. The van der Waals surface area contributed by atoms with Gasteiger partial charge in [0.05, 0.1) is 5.54 Å². The predicted octanol–water partition coefficient (Wildman–Crippen LogP) is 2.14. The first-order chi connectivity index (χ1) is 8.70. The van der Waals surface area contributed by atoms with Crippen LogP contribution in [-0.2, 0) is 5.54 Å². The molecule has 1 saturated carbocycles. The third-order valence-corrected chi connectivity index (χ3v) is 3.37. The normalized spacial score (nSPS) is 16.3. The molecule has 0 atom stereocenters. The summed E-state index contributed by atoms with van der Waals surface area (Å²) < 4.78 is 0. The minimum absolute atomic E-state index is 0.110. The van der Waals surface area contributed by atoms with Crippen LogP contribution in [0.5, 0.6) is 0 Å². The lowest BCUT2D eigenvalue weighted by Crippen LogP contribution is -2.35. The van der Waals surface area contributed by atoms with E-state index < -0.39 is 0 Å². The average Bonchev–Trinajstić information content (AvgIpc) is 3.04. The molecular weight excluding hydrogens is 226 g/mol. The van der Waals surface area contributed by atoms with E-state index in [9.17, 15) is 4.79 Å². The van der Waals surface area contributed by atoms with Crippen molar-refractivity contribution < 1.29 is 4.79 Å². The number of aromatic nitrogens is 2. The fraction of sp³-hybridized carbons (Fsp3) is 0.286.